The molecule has 158 valence electrons. The Morgan fingerprint density at radius 1 is 1.13 bits per heavy atom. The Bertz CT molecular complexity index is 1260. The molecule has 0 spiro atoms. The Balaban J connectivity index is 1.49. The fourth-order valence-electron chi connectivity index (χ4n) is 3.41. The molecule has 7 heteroatoms. The van der Waals surface area contributed by atoms with E-state index in [2.05, 4.69) is 0 Å². The maximum absolute atomic E-state index is 13.2. The molecule has 4 aromatic rings. The normalized spacial score (nSPS) is 11.0. The summed E-state index contributed by atoms with van der Waals surface area (Å²) in [6.45, 7) is 2.92. The highest BCUT2D eigenvalue weighted by Crippen LogP contribution is 2.31. The van der Waals surface area contributed by atoms with Crippen molar-refractivity contribution >= 4 is 27.5 Å². The summed E-state index contributed by atoms with van der Waals surface area (Å²) in [6.07, 6.45) is 1.30. The van der Waals surface area contributed by atoms with Crippen LogP contribution in [0.5, 0.6) is 5.75 Å². The van der Waals surface area contributed by atoms with Crippen molar-refractivity contribution in [1.29, 1.82) is 0 Å². The molecule has 0 aliphatic carbocycles. The predicted octanol–water partition coefficient (Wildman–Crippen LogP) is 4.85. The van der Waals surface area contributed by atoms with E-state index in [0.29, 0.717) is 37.1 Å². The van der Waals surface area contributed by atoms with Crippen LogP contribution in [0.4, 0.5) is 0 Å². The Hall–Kier alpha value is -3.45. The number of thiophene rings is 1. The zero-order chi connectivity index (χ0) is 21.8. The fourth-order valence-corrected chi connectivity index (χ4v) is 4.46. The third-order valence-corrected chi connectivity index (χ3v) is 6.08. The molecule has 2 aromatic heterocycles. The van der Waals surface area contributed by atoms with E-state index in [9.17, 15) is 9.59 Å². The van der Waals surface area contributed by atoms with E-state index in [1.54, 1.807) is 28.0 Å². The van der Waals surface area contributed by atoms with Crippen molar-refractivity contribution in [1.82, 2.24) is 9.55 Å². The molecule has 2 aromatic carbocycles. The molecule has 1 N–H and O–H groups in total. The largest absolute Gasteiger partial charge is 0.494 e. The number of rotatable bonds is 8. The Morgan fingerprint density at radius 2 is 1.87 bits per heavy atom. The molecule has 0 radical (unpaired) electrons. The van der Waals surface area contributed by atoms with E-state index in [1.807, 2.05) is 43.3 Å². The van der Waals surface area contributed by atoms with Crippen molar-refractivity contribution in [2.75, 3.05) is 6.61 Å². The van der Waals surface area contributed by atoms with Crippen LogP contribution in [0.2, 0.25) is 0 Å². The van der Waals surface area contributed by atoms with Crippen LogP contribution in [0.3, 0.4) is 0 Å². The number of fused-ring (bicyclic) bond motifs is 1. The molecule has 0 atom stereocenters. The minimum absolute atomic E-state index is 0.0221. The summed E-state index contributed by atoms with van der Waals surface area (Å²) in [6, 6.07) is 18.2. The summed E-state index contributed by atoms with van der Waals surface area (Å²) in [7, 11) is 0. The topological polar surface area (TPSA) is 81.4 Å². The molecule has 4 rings (SSSR count). The van der Waals surface area contributed by atoms with Gasteiger partial charge in [0.2, 0.25) is 0 Å². The van der Waals surface area contributed by atoms with Gasteiger partial charge in [0.15, 0.2) is 0 Å². The minimum Gasteiger partial charge on any atom is -0.494 e. The number of benzene rings is 2. The summed E-state index contributed by atoms with van der Waals surface area (Å²) < 4.78 is 7.44. The standard InChI is InChI=1S/C24H22N2O4S/c1-2-21-25-22-19(15-20(31-22)16-7-4-3-5-8-16)23(27)26(21)13-6-14-30-18-11-9-17(10-12-18)24(28)29/h3-5,7-12,15H,2,6,13-14H2,1H3,(H,28,29). The number of carboxylic acid groups (broad SMARTS) is 1. The molecular formula is C24H22N2O4S. The van der Waals surface area contributed by atoms with Crippen molar-refractivity contribution in [3.05, 3.63) is 82.4 Å². The van der Waals surface area contributed by atoms with Gasteiger partial charge in [-0.05, 0) is 42.3 Å². The van der Waals surface area contributed by atoms with Gasteiger partial charge < -0.3 is 9.84 Å². The lowest BCUT2D eigenvalue weighted by Gasteiger charge is -2.11. The number of aromatic nitrogens is 2. The van der Waals surface area contributed by atoms with Gasteiger partial charge in [-0.15, -0.1) is 11.3 Å². The number of carboxylic acids is 1. The summed E-state index contributed by atoms with van der Waals surface area (Å²) >= 11 is 1.54. The van der Waals surface area contributed by atoms with Gasteiger partial charge in [-0.1, -0.05) is 37.3 Å². The molecule has 31 heavy (non-hydrogen) atoms. The molecule has 0 amide bonds. The SMILES string of the molecule is CCc1nc2sc(-c3ccccc3)cc2c(=O)n1CCCOc1ccc(C(=O)O)cc1. The molecule has 0 saturated heterocycles. The number of aryl methyl sites for hydroxylation is 1. The van der Waals surface area contributed by atoms with Crippen LogP contribution in [0.1, 0.15) is 29.5 Å². The highest BCUT2D eigenvalue weighted by atomic mass is 32.1. The second-order valence-electron chi connectivity index (χ2n) is 7.07. The van der Waals surface area contributed by atoms with Gasteiger partial charge in [0, 0.05) is 17.8 Å². The average Bonchev–Trinajstić information content (AvgIpc) is 3.23. The highest BCUT2D eigenvalue weighted by molar-refractivity contribution is 7.21. The van der Waals surface area contributed by atoms with E-state index in [4.69, 9.17) is 14.8 Å². The second kappa shape index (κ2) is 9.14. The molecule has 0 aliphatic rings. The van der Waals surface area contributed by atoms with Crippen LogP contribution in [-0.2, 0) is 13.0 Å². The zero-order valence-corrected chi connectivity index (χ0v) is 17.9. The fraction of sp³-hybridized carbons (Fsp3) is 0.208. The number of hydrogen-bond donors (Lipinski definition) is 1. The van der Waals surface area contributed by atoms with Crippen molar-refractivity contribution in [3.8, 4) is 16.2 Å². The number of hydrogen-bond acceptors (Lipinski definition) is 5. The summed E-state index contributed by atoms with van der Waals surface area (Å²) in [4.78, 5) is 30.6. The van der Waals surface area contributed by atoms with Gasteiger partial charge in [-0.25, -0.2) is 9.78 Å². The second-order valence-corrected chi connectivity index (χ2v) is 8.10. The lowest BCUT2D eigenvalue weighted by molar-refractivity contribution is 0.0697. The van der Waals surface area contributed by atoms with E-state index in [1.165, 1.54) is 12.1 Å². The predicted molar refractivity (Wildman–Crippen MR) is 122 cm³/mol. The van der Waals surface area contributed by atoms with Gasteiger partial charge in [-0.3, -0.25) is 9.36 Å². The van der Waals surface area contributed by atoms with Gasteiger partial charge in [0.05, 0.1) is 17.6 Å². The zero-order valence-electron chi connectivity index (χ0n) is 17.1. The van der Waals surface area contributed by atoms with Crippen LogP contribution in [-0.4, -0.2) is 27.2 Å². The number of aromatic carboxylic acids is 1. The van der Waals surface area contributed by atoms with E-state index >= 15 is 0 Å². The minimum atomic E-state index is -0.968. The first-order chi connectivity index (χ1) is 15.1. The monoisotopic (exact) mass is 434 g/mol. The first-order valence-electron chi connectivity index (χ1n) is 10.1. The van der Waals surface area contributed by atoms with Gasteiger partial charge in [0.25, 0.3) is 5.56 Å². The average molecular weight is 435 g/mol. The van der Waals surface area contributed by atoms with Crippen molar-refractivity contribution in [3.63, 3.8) is 0 Å². The van der Waals surface area contributed by atoms with Crippen LogP contribution >= 0.6 is 11.3 Å². The molecule has 0 saturated carbocycles. The van der Waals surface area contributed by atoms with Gasteiger partial charge >= 0.3 is 5.97 Å². The molecule has 0 bridgehead atoms. The van der Waals surface area contributed by atoms with Crippen LogP contribution in [0.15, 0.2) is 65.5 Å². The lowest BCUT2D eigenvalue weighted by atomic mass is 10.2. The maximum Gasteiger partial charge on any atom is 0.335 e. The number of nitrogens with zero attached hydrogens (tertiary/aromatic N) is 2. The van der Waals surface area contributed by atoms with Gasteiger partial charge in [0.1, 0.15) is 16.4 Å². The van der Waals surface area contributed by atoms with Crippen LogP contribution in [0.25, 0.3) is 20.7 Å². The van der Waals surface area contributed by atoms with Crippen molar-refractivity contribution < 1.29 is 14.6 Å². The Labute approximate surface area is 183 Å². The molecule has 0 aliphatic heterocycles. The Kier molecular flexibility index (Phi) is 6.13. The molecular weight excluding hydrogens is 412 g/mol. The van der Waals surface area contributed by atoms with Crippen molar-refractivity contribution in [2.45, 2.75) is 26.3 Å². The lowest BCUT2D eigenvalue weighted by Crippen LogP contribution is -2.25. The van der Waals surface area contributed by atoms with Crippen LogP contribution in [0, 0.1) is 0 Å². The summed E-state index contributed by atoms with van der Waals surface area (Å²) in [5.74, 6) is 0.404. The first-order valence-corrected chi connectivity index (χ1v) is 10.9. The van der Waals surface area contributed by atoms with Crippen molar-refractivity contribution in [2.24, 2.45) is 0 Å². The van der Waals surface area contributed by atoms with E-state index < -0.39 is 5.97 Å². The third-order valence-electron chi connectivity index (χ3n) is 5.00. The quantitative estimate of drug-likeness (QED) is 0.401. The van der Waals surface area contributed by atoms with E-state index in [0.717, 1.165) is 21.1 Å². The van der Waals surface area contributed by atoms with E-state index in [-0.39, 0.29) is 11.1 Å². The molecule has 0 fully saturated rings. The molecule has 6 nitrogen and oxygen atoms in total. The molecule has 0 unspecified atom stereocenters. The van der Waals surface area contributed by atoms with Gasteiger partial charge in [-0.2, -0.15) is 0 Å². The number of ether oxygens (including phenoxy) is 1. The van der Waals surface area contributed by atoms with Crippen LogP contribution < -0.4 is 10.3 Å². The highest BCUT2D eigenvalue weighted by Gasteiger charge is 2.14. The molecule has 2 heterocycles. The smallest absolute Gasteiger partial charge is 0.335 e. The number of carbonyl (C=O) groups is 1. The Morgan fingerprint density at radius 3 is 2.55 bits per heavy atom. The third kappa shape index (κ3) is 4.51. The maximum atomic E-state index is 13.2. The first kappa shape index (κ1) is 20.8. The summed E-state index contributed by atoms with van der Waals surface area (Å²) in [5.41, 5.74) is 1.28. The summed E-state index contributed by atoms with van der Waals surface area (Å²) in [5, 5.41) is 9.60.